The maximum Gasteiger partial charge on any atom is 0.258 e. The van der Waals surface area contributed by atoms with Crippen molar-refractivity contribution < 1.29 is 9.53 Å². The molecule has 1 amide bonds. The van der Waals surface area contributed by atoms with Crippen molar-refractivity contribution in [3.63, 3.8) is 0 Å². The molecular weight excluding hydrogens is 240 g/mol. The first-order chi connectivity index (χ1) is 8.90. The summed E-state index contributed by atoms with van der Waals surface area (Å²) in [6, 6.07) is 7.61. The van der Waals surface area contributed by atoms with Crippen LogP contribution in [0.15, 0.2) is 24.3 Å². The fourth-order valence-corrected chi connectivity index (χ4v) is 1.50. The highest BCUT2D eigenvalue weighted by Crippen LogP contribution is 2.17. The summed E-state index contributed by atoms with van der Waals surface area (Å²) in [5.41, 5.74) is 6.80. The average Bonchev–Trinajstić information content (AvgIpc) is 2.36. The Morgan fingerprint density at radius 1 is 1.32 bits per heavy atom. The van der Waals surface area contributed by atoms with Crippen LogP contribution in [-0.2, 0) is 4.79 Å². The van der Waals surface area contributed by atoms with Gasteiger partial charge in [-0.25, -0.2) is 0 Å². The fourth-order valence-electron chi connectivity index (χ4n) is 1.50. The molecule has 1 unspecified atom stereocenters. The number of nitrogens with one attached hydrogen (secondary N) is 1. The second-order valence-corrected chi connectivity index (χ2v) is 5.25. The van der Waals surface area contributed by atoms with Crippen LogP contribution >= 0.6 is 0 Å². The van der Waals surface area contributed by atoms with Crippen molar-refractivity contribution in [3.8, 4) is 5.75 Å². The van der Waals surface area contributed by atoms with Gasteiger partial charge in [0.25, 0.3) is 5.91 Å². The molecule has 0 saturated carbocycles. The number of amides is 1. The number of benzene rings is 1. The lowest BCUT2D eigenvalue weighted by molar-refractivity contribution is -0.124. The first-order valence-electron chi connectivity index (χ1n) is 6.68. The molecule has 19 heavy (non-hydrogen) atoms. The lowest BCUT2D eigenvalue weighted by Gasteiger charge is -2.17. The molecule has 0 aliphatic heterocycles. The van der Waals surface area contributed by atoms with E-state index < -0.39 is 0 Å². The quantitative estimate of drug-likeness (QED) is 0.828. The van der Waals surface area contributed by atoms with E-state index in [1.165, 1.54) is 0 Å². The molecule has 4 nitrogen and oxygen atoms in total. The monoisotopic (exact) mass is 264 g/mol. The number of hydrogen-bond donors (Lipinski definition) is 2. The van der Waals surface area contributed by atoms with Crippen molar-refractivity contribution in [1.29, 1.82) is 0 Å². The smallest absolute Gasteiger partial charge is 0.258 e. The summed E-state index contributed by atoms with van der Waals surface area (Å²) in [6.07, 6.45) is 0. The van der Waals surface area contributed by atoms with Gasteiger partial charge in [-0.3, -0.25) is 4.79 Å². The summed E-state index contributed by atoms with van der Waals surface area (Å²) in [5, 5.41) is 2.90. The predicted molar refractivity (Wildman–Crippen MR) is 77.0 cm³/mol. The van der Waals surface area contributed by atoms with Gasteiger partial charge in [0.2, 0.25) is 0 Å². The molecule has 0 saturated heterocycles. The molecule has 0 heterocycles. The van der Waals surface area contributed by atoms with E-state index in [1.54, 1.807) is 0 Å². The Labute approximate surface area is 115 Å². The molecule has 0 bridgehead atoms. The van der Waals surface area contributed by atoms with Gasteiger partial charge in [0.1, 0.15) is 5.75 Å². The SMILES string of the molecule is CC(C)C(C)NC(=O)COc1cccc([C@@H](C)N)c1. The summed E-state index contributed by atoms with van der Waals surface area (Å²) in [6.45, 7) is 8.06. The lowest BCUT2D eigenvalue weighted by Crippen LogP contribution is -2.38. The topological polar surface area (TPSA) is 64.3 Å². The van der Waals surface area contributed by atoms with E-state index in [-0.39, 0.29) is 24.6 Å². The Kier molecular flexibility index (Phi) is 5.83. The minimum absolute atomic E-state index is 0.0272. The van der Waals surface area contributed by atoms with E-state index >= 15 is 0 Å². The van der Waals surface area contributed by atoms with Crippen LogP contribution in [0.4, 0.5) is 0 Å². The molecule has 1 rings (SSSR count). The number of ether oxygens (including phenoxy) is 1. The predicted octanol–water partition coefficient (Wildman–Crippen LogP) is 2.25. The number of hydrogen-bond acceptors (Lipinski definition) is 3. The highest BCUT2D eigenvalue weighted by Gasteiger charge is 2.11. The molecule has 1 aromatic carbocycles. The third-order valence-electron chi connectivity index (χ3n) is 3.14. The maximum atomic E-state index is 11.7. The number of carbonyl (C=O) groups is 1. The van der Waals surface area contributed by atoms with Crippen LogP contribution in [0.5, 0.6) is 5.75 Å². The summed E-state index contributed by atoms with van der Waals surface area (Å²) in [4.78, 5) is 11.7. The van der Waals surface area contributed by atoms with E-state index in [0.717, 1.165) is 5.56 Å². The van der Waals surface area contributed by atoms with Crippen LogP contribution in [0.3, 0.4) is 0 Å². The summed E-state index contributed by atoms with van der Waals surface area (Å²) < 4.78 is 5.47. The first-order valence-corrected chi connectivity index (χ1v) is 6.68. The second kappa shape index (κ2) is 7.14. The Bertz CT molecular complexity index is 416. The second-order valence-electron chi connectivity index (χ2n) is 5.25. The van der Waals surface area contributed by atoms with Gasteiger partial charge in [-0.2, -0.15) is 0 Å². The van der Waals surface area contributed by atoms with E-state index in [4.69, 9.17) is 10.5 Å². The third kappa shape index (κ3) is 5.30. The molecule has 106 valence electrons. The van der Waals surface area contributed by atoms with Crippen LogP contribution < -0.4 is 15.8 Å². The van der Waals surface area contributed by atoms with Gasteiger partial charge in [0.15, 0.2) is 6.61 Å². The van der Waals surface area contributed by atoms with Gasteiger partial charge in [-0.15, -0.1) is 0 Å². The zero-order chi connectivity index (χ0) is 14.4. The molecule has 0 aliphatic rings. The minimum Gasteiger partial charge on any atom is -0.484 e. The van der Waals surface area contributed by atoms with Gasteiger partial charge in [0.05, 0.1) is 0 Å². The lowest BCUT2D eigenvalue weighted by atomic mass is 10.1. The molecule has 4 heteroatoms. The molecule has 0 fully saturated rings. The van der Waals surface area contributed by atoms with Crippen LogP contribution in [0, 0.1) is 5.92 Å². The van der Waals surface area contributed by atoms with Crippen LogP contribution in [0.2, 0.25) is 0 Å². The number of rotatable bonds is 6. The Morgan fingerprint density at radius 3 is 2.58 bits per heavy atom. The third-order valence-corrected chi connectivity index (χ3v) is 3.14. The summed E-state index contributed by atoms with van der Waals surface area (Å²) in [5.74, 6) is 0.972. The summed E-state index contributed by atoms with van der Waals surface area (Å²) in [7, 11) is 0. The molecule has 0 aliphatic carbocycles. The van der Waals surface area contributed by atoms with Crippen molar-refractivity contribution in [2.24, 2.45) is 11.7 Å². The Hall–Kier alpha value is -1.55. The highest BCUT2D eigenvalue weighted by molar-refractivity contribution is 5.77. The number of carbonyl (C=O) groups excluding carboxylic acids is 1. The summed E-state index contributed by atoms with van der Waals surface area (Å²) >= 11 is 0. The van der Waals surface area contributed by atoms with Crippen molar-refractivity contribution >= 4 is 5.91 Å². The number of nitrogens with two attached hydrogens (primary N) is 1. The average molecular weight is 264 g/mol. The van der Waals surface area contributed by atoms with Crippen molar-refractivity contribution in [3.05, 3.63) is 29.8 Å². The van der Waals surface area contributed by atoms with Gasteiger partial charge in [-0.05, 0) is 37.5 Å². The standard InChI is InChI=1S/C15H24N2O2/c1-10(2)12(4)17-15(18)9-19-14-7-5-6-13(8-14)11(3)16/h5-8,10-12H,9,16H2,1-4H3,(H,17,18)/t11-,12?/m1/s1. The largest absolute Gasteiger partial charge is 0.484 e. The van der Waals surface area contributed by atoms with E-state index in [0.29, 0.717) is 11.7 Å². The normalized spacial score (nSPS) is 14.0. The molecule has 0 aromatic heterocycles. The molecule has 0 spiro atoms. The van der Waals surface area contributed by atoms with Crippen molar-refractivity contribution in [2.45, 2.75) is 39.8 Å². The van der Waals surface area contributed by atoms with E-state index in [1.807, 2.05) is 38.1 Å². The highest BCUT2D eigenvalue weighted by atomic mass is 16.5. The zero-order valence-electron chi connectivity index (χ0n) is 12.1. The fraction of sp³-hybridized carbons (Fsp3) is 0.533. The van der Waals surface area contributed by atoms with Gasteiger partial charge in [-0.1, -0.05) is 26.0 Å². The van der Waals surface area contributed by atoms with Crippen molar-refractivity contribution in [2.75, 3.05) is 6.61 Å². The maximum absolute atomic E-state index is 11.7. The molecule has 3 N–H and O–H groups in total. The zero-order valence-corrected chi connectivity index (χ0v) is 12.1. The van der Waals surface area contributed by atoms with Gasteiger partial charge >= 0.3 is 0 Å². The van der Waals surface area contributed by atoms with Crippen LogP contribution in [0.25, 0.3) is 0 Å². The van der Waals surface area contributed by atoms with E-state index in [2.05, 4.69) is 19.2 Å². The van der Waals surface area contributed by atoms with Gasteiger partial charge in [0, 0.05) is 12.1 Å². The molecule has 2 atom stereocenters. The Balaban J connectivity index is 2.48. The molecule has 1 aromatic rings. The molecular formula is C15H24N2O2. The van der Waals surface area contributed by atoms with E-state index in [9.17, 15) is 4.79 Å². The first kappa shape index (κ1) is 15.5. The van der Waals surface area contributed by atoms with Crippen LogP contribution in [-0.4, -0.2) is 18.6 Å². The van der Waals surface area contributed by atoms with Gasteiger partial charge < -0.3 is 15.8 Å². The van der Waals surface area contributed by atoms with Crippen LogP contribution in [0.1, 0.15) is 39.3 Å². The Morgan fingerprint density at radius 2 is 2.00 bits per heavy atom. The molecule has 0 radical (unpaired) electrons. The van der Waals surface area contributed by atoms with Crippen molar-refractivity contribution in [1.82, 2.24) is 5.32 Å². The minimum atomic E-state index is -0.104.